The molecule has 1 aromatic carbocycles. The number of nitrogens with two attached hydrogens (primary N) is 1. The van der Waals surface area contributed by atoms with Gasteiger partial charge in [0.25, 0.3) is 5.91 Å². The smallest absolute Gasteiger partial charge is 0.267 e. The first-order valence-corrected chi connectivity index (χ1v) is 7.41. The monoisotopic (exact) mass is 323 g/mol. The molecule has 0 unspecified atom stereocenters. The first-order valence-electron chi connectivity index (χ1n) is 7.41. The van der Waals surface area contributed by atoms with E-state index < -0.39 is 5.91 Å². The van der Waals surface area contributed by atoms with E-state index in [0.717, 1.165) is 22.4 Å². The Morgan fingerprint density at radius 3 is 2.62 bits per heavy atom. The maximum Gasteiger partial charge on any atom is 0.267 e. The highest BCUT2D eigenvalue weighted by Gasteiger charge is 2.10. The molecule has 0 aliphatic rings. The maximum absolute atomic E-state index is 11.3. The molecule has 0 atom stereocenters. The zero-order valence-corrected chi connectivity index (χ0v) is 13.4. The van der Waals surface area contributed by atoms with Crippen LogP contribution in [0, 0.1) is 6.92 Å². The summed E-state index contributed by atoms with van der Waals surface area (Å²) in [6.07, 6.45) is 3.75. The number of benzene rings is 1. The number of hydrogen-bond donors (Lipinski definition) is 1. The van der Waals surface area contributed by atoms with Crippen LogP contribution in [-0.2, 0) is 6.42 Å². The lowest BCUT2D eigenvalue weighted by molar-refractivity contribution is 0.0995. The predicted octanol–water partition coefficient (Wildman–Crippen LogP) is 2.74. The van der Waals surface area contributed by atoms with Crippen LogP contribution >= 0.6 is 0 Å². The second kappa shape index (κ2) is 6.54. The second-order valence-electron chi connectivity index (χ2n) is 5.37. The number of hydrogen-bond acceptors (Lipinski definition) is 5. The molecule has 3 aromatic rings. The summed E-state index contributed by atoms with van der Waals surface area (Å²) in [6.45, 7) is 1.81. The van der Waals surface area contributed by atoms with E-state index in [1.807, 2.05) is 31.2 Å². The van der Waals surface area contributed by atoms with Gasteiger partial charge in [-0.3, -0.25) is 4.79 Å². The molecule has 0 aliphatic carbocycles. The van der Waals surface area contributed by atoms with Crippen LogP contribution in [0.3, 0.4) is 0 Å². The van der Waals surface area contributed by atoms with Crippen LogP contribution in [0.25, 0.3) is 11.3 Å². The van der Waals surface area contributed by atoms with Crippen molar-refractivity contribution in [2.45, 2.75) is 13.3 Å². The van der Waals surface area contributed by atoms with Crippen LogP contribution < -0.4 is 10.5 Å². The molecule has 0 bridgehead atoms. The molecule has 0 saturated heterocycles. The SMILES string of the molecule is COc1cnc(C(N)=O)cc1Cc1ccc(-c2coc(C)n2)cc1. The molecule has 2 N–H and O–H groups in total. The van der Waals surface area contributed by atoms with E-state index in [0.29, 0.717) is 18.1 Å². The number of amides is 1. The summed E-state index contributed by atoms with van der Waals surface area (Å²) in [5.41, 5.74) is 9.22. The normalized spacial score (nSPS) is 10.6. The lowest BCUT2D eigenvalue weighted by Crippen LogP contribution is -2.13. The van der Waals surface area contributed by atoms with E-state index in [4.69, 9.17) is 14.9 Å². The third kappa shape index (κ3) is 3.27. The number of rotatable bonds is 5. The van der Waals surface area contributed by atoms with Gasteiger partial charge in [0.2, 0.25) is 0 Å². The van der Waals surface area contributed by atoms with Crippen molar-refractivity contribution in [1.82, 2.24) is 9.97 Å². The molecule has 2 heterocycles. The van der Waals surface area contributed by atoms with Gasteiger partial charge in [0.05, 0.1) is 13.3 Å². The Morgan fingerprint density at radius 1 is 1.29 bits per heavy atom. The number of oxazole rings is 1. The zero-order chi connectivity index (χ0) is 17.1. The Kier molecular flexibility index (Phi) is 4.29. The highest BCUT2D eigenvalue weighted by molar-refractivity contribution is 5.91. The fourth-order valence-corrected chi connectivity index (χ4v) is 2.45. The Morgan fingerprint density at radius 2 is 2.04 bits per heavy atom. The number of methoxy groups -OCH3 is 1. The Balaban J connectivity index is 1.86. The van der Waals surface area contributed by atoms with Crippen molar-refractivity contribution in [2.75, 3.05) is 7.11 Å². The molecule has 2 aromatic heterocycles. The van der Waals surface area contributed by atoms with Crippen molar-refractivity contribution < 1.29 is 13.9 Å². The molecular weight excluding hydrogens is 306 g/mol. The lowest BCUT2D eigenvalue weighted by atomic mass is 10.0. The van der Waals surface area contributed by atoms with Crippen molar-refractivity contribution in [3.8, 4) is 17.0 Å². The van der Waals surface area contributed by atoms with Gasteiger partial charge in [0.15, 0.2) is 5.89 Å². The Hall–Kier alpha value is -3.15. The van der Waals surface area contributed by atoms with Gasteiger partial charge in [0, 0.05) is 24.5 Å². The molecule has 24 heavy (non-hydrogen) atoms. The van der Waals surface area contributed by atoms with E-state index in [1.54, 1.807) is 19.4 Å². The molecule has 3 rings (SSSR count). The van der Waals surface area contributed by atoms with Crippen molar-refractivity contribution in [3.63, 3.8) is 0 Å². The van der Waals surface area contributed by atoms with Gasteiger partial charge in [-0.2, -0.15) is 0 Å². The van der Waals surface area contributed by atoms with Gasteiger partial charge in [0.1, 0.15) is 23.4 Å². The second-order valence-corrected chi connectivity index (χ2v) is 5.37. The van der Waals surface area contributed by atoms with E-state index in [-0.39, 0.29) is 5.69 Å². The number of aryl methyl sites for hydroxylation is 1. The maximum atomic E-state index is 11.3. The summed E-state index contributed by atoms with van der Waals surface area (Å²) in [4.78, 5) is 19.6. The van der Waals surface area contributed by atoms with Gasteiger partial charge >= 0.3 is 0 Å². The fourth-order valence-electron chi connectivity index (χ4n) is 2.45. The van der Waals surface area contributed by atoms with Crippen molar-refractivity contribution in [2.24, 2.45) is 5.73 Å². The minimum Gasteiger partial charge on any atom is -0.495 e. The van der Waals surface area contributed by atoms with Crippen LogP contribution in [-0.4, -0.2) is 23.0 Å². The minimum absolute atomic E-state index is 0.223. The number of pyridine rings is 1. The van der Waals surface area contributed by atoms with Crippen LogP contribution in [0.15, 0.2) is 47.2 Å². The van der Waals surface area contributed by atoms with Gasteiger partial charge in [-0.25, -0.2) is 9.97 Å². The lowest BCUT2D eigenvalue weighted by Gasteiger charge is -2.09. The van der Waals surface area contributed by atoms with Crippen molar-refractivity contribution >= 4 is 5.91 Å². The highest BCUT2D eigenvalue weighted by atomic mass is 16.5. The topological polar surface area (TPSA) is 91.2 Å². The van der Waals surface area contributed by atoms with Gasteiger partial charge in [-0.1, -0.05) is 24.3 Å². The average molecular weight is 323 g/mol. The summed E-state index contributed by atoms with van der Waals surface area (Å²) < 4.78 is 10.5. The highest BCUT2D eigenvalue weighted by Crippen LogP contribution is 2.24. The number of aromatic nitrogens is 2. The molecule has 6 heteroatoms. The fraction of sp³-hybridized carbons (Fsp3) is 0.167. The molecule has 0 aliphatic heterocycles. The molecule has 0 radical (unpaired) electrons. The molecule has 1 amide bonds. The number of carbonyl (C=O) groups excluding carboxylic acids is 1. The van der Waals surface area contributed by atoms with E-state index in [9.17, 15) is 4.79 Å². The molecule has 6 nitrogen and oxygen atoms in total. The van der Waals surface area contributed by atoms with E-state index in [2.05, 4.69) is 9.97 Å². The van der Waals surface area contributed by atoms with E-state index in [1.165, 1.54) is 6.20 Å². The van der Waals surface area contributed by atoms with Crippen LogP contribution in [0.5, 0.6) is 5.75 Å². The Bertz CT molecular complexity index is 869. The molecule has 0 saturated carbocycles. The zero-order valence-electron chi connectivity index (χ0n) is 13.4. The first kappa shape index (κ1) is 15.7. The molecule has 122 valence electrons. The van der Waals surface area contributed by atoms with Crippen molar-refractivity contribution in [1.29, 1.82) is 0 Å². The van der Waals surface area contributed by atoms with Gasteiger partial charge < -0.3 is 14.9 Å². The number of primary amides is 1. The predicted molar refractivity (Wildman–Crippen MR) is 88.8 cm³/mol. The van der Waals surface area contributed by atoms with Crippen LogP contribution in [0.1, 0.15) is 27.5 Å². The number of carbonyl (C=O) groups is 1. The van der Waals surface area contributed by atoms with Gasteiger partial charge in [-0.15, -0.1) is 0 Å². The standard InChI is InChI=1S/C18H17N3O3/c1-11-21-16(10-24-11)13-5-3-12(4-6-13)7-14-8-15(18(19)22)20-9-17(14)23-2/h3-6,8-10H,7H2,1-2H3,(H2,19,22). The molecule has 0 spiro atoms. The summed E-state index contributed by atoms with van der Waals surface area (Å²) in [6, 6.07) is 9.63. The summed E-state index contributed by atoms with van der Waals surface area (Å²) in [5.74, 6) is 0.696. The minimum atomic E-state index is -0.560. The largest absolute Gasteiger partial charge is 0.495 e. The van der Waals surface area contributed by atoms with Crippen LogP contribution in [0.2, 0.25) is 0 Å². The first-order chi connectivity index (χ1) is 11.6. The molecule has 0 fully saturated rings. The third-order valence-corrected chi connectivity index (χ3v) is 3.68. The van der Waals surface area contributed by atoms with E-state index >= 15 is 0 Å². The summed E-state index contributed by atoms with van der Waals surface area (Å²) in [5, 5.41) is 0. The van der Waals surface area contributed by atoms with Crippen LogP contribution in [0.4, 0.5) is 0 Å². The Labute approximate surface area is 139 Å². The van der Waals surface area contributed by atoms with Crippen molar-refractivity contribution in [3.05, 3.63) is 65.5 Å². The number of ether oxygens (including phenoxy) is 1. The van der Waals surface area contributed by atoms with Gasteiger partial charge in [-0.05, 0) is 11.6 Å². The number of nitrogens with zero attached hydrogens (tertiary/aromatic N) is 2. The molecular formula is C18H17N3O3. The average Bonchev–Trinajstić information content (AvgIpc) is 3.02. The quantitative estimate of drug-likeness (QED) is 0.779. The summed E-state index contributed by atoms with van der Waals surface area (Å²) in [7, 11) is 1.57. The summed E-state index contributed by atoms with van der Waals surface area (Å²) >= 11 is 0. The third-order valence-electron chi connectivity index (χ3n) is 3.68.